The number of hydrogen-bond acceptors (Lipinski definition) is 2. The molecule has 0 unspecified atom stereocenters. The Bertz CT molecular complexity index is 140. The average molecular weight is 198 g/mol. The number of nitrogens with zero attached hydrogens (tertiary/aromatic N) is 2. The van der Waals surface area contributed by atoms with Crippen molar-refractivity contribution in [1.29, 1.82) is 0 Å². The van der Waals surface area contributed by atoms with Crippen LogP contribution in [0.3, 0.4) is 0 Å². The number of aromatic nitrogens is 2. The normalized spacial score (nSPS) is 8.71. The Kier molecular flexibility index (Phi) is 1.62. The summed E-state index contributed by atoms with van der Waals surface area (Å²) in [5.74, 6) is 0. The molecule has 0 atom stereocenters. The molecule has 0 aliphatic carbocycles. The van der Waals surface area contributed by atoms with E-state index in [1.54, 1.807) is 12.5 Å². The molecule has 2 nitrogen and oxygen atoms in total. The first-order chi connectivity index (χ1) is 3.39. The summed E-state index contributed by atoms with van der Waals surface area (Å²) >= 11 is 1.34. The van der Waals surface area contributed by atoms with Crippen molar-refractivity contribution in [1.82, 2.24) is 9.97 Å². The summed E-state index contributed by atoms with van der Waals surface area (Å²) in [7, 11) is 0. The quantitative estimate of drug-likeness (QED) is 0.513. The molecular weight excluding hydrogens is 195 g/mol. The Labute approximate surface area is 55.1 Å². The molecule has 0 aliphatic rings. The van der Waals surface area contributed by atoms with Gasteiger partial charge in [0.15, 0.2) is 0 Å². The second-order valence-electron chi connectivity index (χ2n) is 1.09. The summed E-state index contributed by atoms with van der Waals surface area (Å²) in [6.07, 6.45) is 3.31. The molecular formula is C4H3N2Sn. The molecule has 1 aromatic rings. The van der Waals surface area contributed by atoms with Gasteiger partial charge in [0.2, 0.25) is 0 Å². The molecule has 0 saturated carbocycles. The fraction of sp³-hybridized carbons (Fsp3) is 0. The van der Waals surface area contributed by atoms with E-state index in [4.69, 9.17) is 0 Å². The van der Waals surface area contributed by atoms with Crippen molar-refractivity contribution in [3.63, 3.8) is 0 Å². The van der Waals surface area contributed by atoms with Crippen molar-refractivity contribution < 1.29 is 0 Å². The van der Waals surface area contributed by atoms with E-state index in [1.165, 1.54) is 22.5 Å². The Morgan fingerprint density at radius 3 is 2.71 bits per heavy atom. The molecule has 0 saturated heterocycles. The Morgan fingerprint density at radius 1 is 1.57 bits per heavy atom. The van der Waals surface area contributed by atoms with Crippen LogP contribution < -0.4 is 3.71 Å². The topological polar surface area (TPSA) is 25.8 Å². The van der Waals surface area contributed by atoms with E-state index in [2.05, 4.69) is 9.97 Å². The van der Waals surface area contributed by atoms with Gasteiger partial charge in [-0.1, -0.05) is 0 Å². The molecule has 7 heavy (non-hydrogen) atoms. The summed E-state index contributed by atoms with van der Waals surface area (Å²) < 4.78 is 1.10. The maximum atomic E-state index is 3.91. The predicted molar refractivity (Wildman–Crippen MR) is 27.4 cm³/mol. The summed E-state index contributed by atoms with van der Waals surface area (Å²) in [5.41, 5.74) is 0. The van der Waals surface area contributed by atoms with Gasteiger partial charge in [0.05, 0.1) is 0 Å². The summed E-state index contributed by atoms with van der Waals surface area (Å²) in [5, 5.41) is 0. The molecule has 0 aromatic carbocycles. The third-order valence-electron chi connectivity index (χ3n) is 0.582. The van der Waals surface area contributed by atoms with Crippen LogP contribution >= 0.6 is 0 Å². The standard InChI is InChI=1S/C4H3N2.Sn/c1-2-5-4-6-3-1;/h1-2,4H;. The molecule has 33 valence electrons. The van der Waals surface area contributed by atoms with Gasteiger partial charge in [-0.15, -0.1) is 0 Å². The van der Waals surface area contributed by atoms with Crippen molar-refractivity contribution in [3.05, 3.63) is 18.6 Å². The summed E-state index contributed by atoms with van der Waals surface area (Å²) in [6.45, 7) is 0. The number of rotatable bonds is 0. The SMILES string of the molecule is [Sn][c]1ccncn1. The molecule has 0 fully saturated rings. The van der Waals surface area contributed by atoms with Gasteiger partial charge < -0.3 is 0 Å². The second-order valence-corrected chi connectivity index (χ2v) is 2.56. The van der Waals surface area contributed by atoms with Gasteiger partial charge in [-0.05, 0) is 0 Å². The van der Waals surface area contributed by atoms with Crippen LogP contribution in [0.1, 0.15) is 0 Å². The van der Waals surface area contributed by atoms with Crippen molar-refractivity contribution in [3.8, 4) is 0 Å². The van der Waals surface area contributed by atoms with E-state index in [0.717, 1.165) is 3.71 Å². The van der Waals surface area contributed by atoms with Gasteiger partial charge >= 0.3 is 54.8 Å². The van der Waals surface area contributed by atoms with E-state index >= 15 is 0 Å². The van der Waals surface area contributed by atoms with Crippen LogP contribution in [0, 0.1) is 0 Å². The van der Waals surface area contributed by atoms with Crippen LogP contribution in [0.4, 0.5) is 0 Å². The predicted octanol–water partition coefficient (Wildman–Crippen LogP) is -0.730. The molecule has 0 spiro atoms. The molecule has 0 bridgehead atoms. The first-order valence-corrected chi connectivity index (χ1v) is 3.30. The first-order valence-electron chi connectivity index (χ1n) is 1.87. The van der Waals surface area contributed by atoms with Crippen molar-refractivity contribution >= 4 is 26.2 Å². The van der Waals surface area contributed by atoms with Gasteiger partial charge in [-0.25, -0.2) is 0 Å². The van der Waals surface area contributed by atoms with E-state index in [-0.39, 0.29) is 0 Å². The zero-order valence-corrected chi connectivity index (χ0v) is 6.48. The molecule has 3 heteroatoms. The Balaban J connectivity index is 3.02. The van der Waals surface area contributed by atoms with Gasteiger partial charge in [0, 0.05) is 0 Å². The molecule has 1 heterocycles. The monoisotopic (exact) mass is 199 g/mol. The van der Waals surface area contributed by atoms with Crippen LogP contribution in [-0.4, -0.2) is 32.5 Å². The first kappa shape index (κ1) is 5.02. The van der Waals surface area contributed by atoms with Gasteiger partial charge in [0.25, 0.3) is 0 Å². The fourth-order valence-corrected chi connectivity index (χ4v) is 0.668. The van der Waals surface area contributed by atoms with Gasteiger partial charge in [-0.3, -0.25) is 0 Å². The van der Waals surface area contributed by atoms with Crippen molar-refractivity contribution in [2.45, 2.75) is 0 Å². The van der Waals surface area contributed by atoms with Gasteiger partial charge in [-0.2, -0.15) is 0 Å². The number of hydrogen-bond donors (Lipinski definition) is 0. The van der Waals surface area contributed by atoms with Crippen LogP contribution in [0.25, 0.3) is 0 Å². The Hall–Kier alpha value is -0.121. The van der Waals surface area contributed by atoms with Crippen LogP contribution in [0.2, 0.25) is 0 Å². The van der Waals surface area contributed by atoms with E-state index in [0.29, 0.717) is 0 Å². The Morgan fingerprint density at radius 2 is 2.43 bits per heavy atom. The van der Waals surface area contributed by atoms with E-state index in [9.17, 15) is 0 Å². The molecule has 0 amide bonds. The summed E-state index contributed by atoms with van der Waals surface area (Å²) in [6, 6.07) is 1.90. The van der Waals surface area contributed by atoms with Crippen LogP contribution in [0.5, 0.6) is 0 Å². The molecule has 0 N–H and O–H groups in total. The summed E-state index contributed by atoms with van der Waals surface area (Å²) in [4.78, 5) is 7.66. The minimum absolute atomic E-state index is 1.10. The molecule has 1 aromatic heterocycles. The van der Waals surface area contributed by atoms with Crippen LogP contribution in [0.15, 0.2) is 18.6 Å². The average Bonchev–Trinajstić information content (AvgIpc) is 1.69. The zero-order chi connectivity index (χ0) is 5.11. The zero-order valence-electron chi connectivity index (χ0n) is 3.63. The second kappa shape index (κ2) is 2.25. The van der Waals surface area contributed by atoms with E-state index in [1.807, 2.05) is 6.07 Å². The molecule has 3 radical (unpaired) electrons. The maximum absolute atomic E-state index is 3.91. The fourth-order valence-electron chi connectivity index (χ4n) is 0.291. The van der Waals surface area contributed by atoms with Crippen molar-refractivity contribution in [2.24, 2.45) is 0 Å². The molecule has 0 aliphatic heterocycles. The molecule has 1 rings (SSSR count). The van der Waals surface area contributed by atoms with Crippen molar-refractivity contribution in [2.75, 3.05) is 0 Å². The third kappa shape index (κ3) is 1.42. The minimum atomic E-state index is 1.10. The van der Waals surface area contributed by atoms with Gasteiger partial charge in [0.1, 0.15) is 0 Å². The van der Waals surface area contributed by atoms with Crippen LogP contribution in [-0.2, 0) is 0 Å². The van der Waals surface area contributed by atoms with E-state index < -0.39 is 0 Å². The third-order valence-corrected chi connectivity index (χ3v) is 1.43.